The molecule has 0 aliphatic heterocycles. The summed E-state index contributed by atoms with van der Waals surface area (Å²) in [4.78, 5) is 16.4. The molecule has 1 aromatic heterocycles. The van der Waals surface area contributed by atoms with E-state index in [9.17, 15) is 9.90 Å². The second-order valence-electron chi connectivity index (χ2n) is 5.80. The molecular formula is C16H19N3O2S. The second-order valence-corrected chi connectivity index (χ2v) is 6.55. The van der Waals surface area contributed by atoms with Gasteiger partial charge in [0.1, 0.15) is 0 Å². The summed E-state index contributed by atoms with van der Waals surface area (Å²) in [5.41, 5.74) is 0.0695. The van der Waals surface area contributed by atoms with Gasteiger partial charge in [-0.15, -0.1) is 0 Å². The maximum absolute atomic E-state index is 12.1. The topological polar surface area (TPSA) is 75.1 Å². The number of rotatable bonds is 4. The van der Waals surface area contributed by atoms with Crippen LogP contribution in [0.3, 0.4) is 0 Å². The molecule has 1 amide bonds. The van der Waals surface area contributed by atoms with Crippen LogP contribution in [0.4, 0.5) is 5.13 Å². The number of amides is 1. The highest BCUT2D eigenvalue weighted by molar-refractivity contribution is 7.10. The molecule has 3 rings (SSSR count). The molecule has 1 saturated carbocycles. The normalized spacial score (nSPS) is 17.1. The molecule has 1 heterocycles. The molecule has 1 aliphatic carbocycles. The summed E-state index contributed by atoms with van der Waals surface area (Å²) in [6.45, 7) is 0. The standard InChI is InChI=1S/C16H19N3O2S/c20-13(11-16(21)9-5-2-6-10-16)17-15-18-14(19-22-15)12-7-3-1-4-8-12/h1,3-4,7-8,21H,2,5-6,9-11H2,(H,17,18,19,20). The molecule has 5 nitrogen and oxygen atoms in total. The molecule has 2 aromatic rings. The number of carbonyl (C=O) groups is 1. The Hall–Kier alpha value is -1.79. The summed E-state index contributed by atoms with van der Waals surface area (Å²) in [7, 11) is 0. The van der Waals surface area contributed by atoms with Crippen LogP contribution in [-0.4, -0.2) is 26.0 Å². The van der Waals surface area contributed by atoms with E-state index in [2.05, 4.69) is 14.7 Å². The van der Waals surface area contributed by atoms with Crippen molar-refractivity contribution < 1.29 is 9.90 Å². The number of aliphatic hydroxyl groups is 1. The van der Waals surface area contributed by atoms with E-state index < -0.39 is 5.60 Å². The molecule has 0 bridgehead atoms. The van der Waals surface area contributed by atoms with Gasteiger partial charge in [-0.25, -0.2) is 0 Å². The number of anilines is 1. The van der Waals surface area contributed by atoms with Crippen molar-refractivity contribution in [1.29, 1.82) is 0 Å². The number of nitrogens with zero attached hydrogens (tertiary/aromatic N) is 2. The Morgan fingerprint density at radius 1 is 1.23 bits per heavy atom. The number of aromatic nitrogens is 2. The maximum atomic E-state index is 12.1. The van der Waals surface area contributed by atoms with Crippen LogP contribution in [-0.2, 0) is 4.79 Å². The van der Waals surface area contributed by atoms with E-state index in [-0.39, 0.29) is 12.3 Å². The fraction of sp³-hybridized carbons (Fsp3) is 0.438. The molecular weight excluding hydrogens is 298 g/mol. The lowest BCUT2D eigenvalue weighted by Gasteiger charge is -2.31. The molecule has 0 atom stereocenters. The summed E-state index contributed by atoms with van der Waals surface area (Å²) in [5, 5.41) is 13.6. The number of benzene rings is 1. The predicted octanol–water partition coefficient (Wildman–Crippen LogP) is 3.23. The van der Waals surface area contributed by atoms with E-state index in [1.165, 1.54) is 0 Å². The van der Waals surface area contributed by atoms with E-state index in [1.54, 1.807) is 0 Å². The van der Waals surface area contributed by atoms with Gasteiger partial charge in [-0.05, 0) is 12.8 Å². The third-order valence-corrected chi connectivity index (χ3v) is 4.61. The highest BCUT2D eigenvalue weighted by atomic mass is 32.1. The van der Waals surface area contributed by atoms with Crippen molar-refractivity contribution in [2.45, 2.75) is 44.1 Å². The zero-order valence-corrected chi connectivity index (χ0v) is 13.1. The molecule has 0 unspecified atom stereocenters. The van der Waals surface area contributed by atoms with Crippen LogP contribution in [0.2, 0.25) is 0 Å². The van der Waals surface area contributed by atoms with Gasteiger partial charge in [0.05, 0.1) is 12.0 Å². The Morgan fingerprint density at radius 3 is 2.68 bits per heavy atom. The van der Waals surface area contributed by atoms with Crippen LogP contribution in [0.15, 0.2) is 30.3 Å². The zero-order chi connectivity index (χ0) is 15.4. The van der Waals surface area contributed by atoms with Gasteiger partial charge < -0.3 is 10.4 Å². The van der Waals surface area contributed by atoms with E-state index in [0.29, 0.717) is 23.8 Å². The summed E-state index contributed by atoms with van der Waals surface area (Å²) in [5.74, 6) is 0.414. The van der Waals surface area contributed by atoms with Gasteiger partial charge in [-0.1, -0.05) is 49.6 Å². The van der Waals surface area contributed by atoms with Gasteiger partial charge in [0.15, 0.2) is 5.82 Å². The van der Waals surface area contributed by atoms with Crippen molar-refractivity contribution in [3.63, 3.8) is 0 Å². The third kappa shape index (κ3) is 3.69. The van der Waals surface area contributed by atoms with E-state index in [4.69, 9.17) is 0 Å². The minimum absolute atomic E-state index is 0.132. The lowest BCUT2D eigenvalue weighted by atomic mass is 9.82. The SMILES string of the molecule is O=C(CC1(O)CCCCC1)Nc1nc(-c2ccccc2)ns1. The molecule has 116 valence electrons. The first-order chi connectivity index (χ1) is 10.6. The highest BCUT2D eigenvalue weighted by Gasteiger charge is 2.31. The molecule has 1 fully saturated rings. The number of nitrogens with one attached hydrogen (secondary N) is 1. The largest absolute Gasteiger partial charge is 0.389 e. The minimum Gasteiger partial charge on any atom is -0.389 e. The smallest absolute Gasteiger partial charge is 0.229 e. The molecule has 22 heavy (non-hydrogen) atoms. The summed E-state index contributed by atoms with van der Waals surface area (Å²) in [6, 6.07) is 9.64. The van der Waals surface area contributed by atoms with Gasteiger partial charge in [0, 0.05) is 17.1 Å². The monoisotopic (exact) mass is 317 g/mol. The van der Waals surface area contributed by atoms with Gasteiger partial charge in [0.2, 0.25) is 11.0 Å². The van der Waals surface area contributed by atoms with Crippen LogP contribution in [0.1, 0.15) is 38.5 Å². The van der Waals surface area contributed by atoms with Crippen molar-refractivity contribution in [3.8, 4) is 11.4 Å². The molecule has 0 spiro atoms. The molecule has 6 heteroatoms. The van der Waals surface area contributed by atoms with Crippen molar-refractivity contribution in [2.24, 2.45) is 0 Å². The Balaban J connectivity index is 1.61. The molecule has 0 radical (unpaired) electrons. The Morgan fingerprint density at radius 2 is 1.95 bits per heavy atom. The molecule has 0 saturated heterocycles. The molecule has 1 aromatic carbocycles. The predicted molar refractivity (Wildman–Crippen MR) is 86.6 cm³/mol. The van der Waals surface area contributed by atoms with Gasteiger partial charge >= 0.3 is 0 Å². The van der Waals surface area contributed by atoms with Gasteiger partial charge in [0.25, 0.3) is 0 Å². The minimum atomic E-state index is -0.852. The maximum Gasteiger partial charge on any atom is 0.229 e. The Labute approximate surface area is 133 Å². The van der Waals surface area contributed by atoms with E-state index >= 15 is 0 Å². The van der Waals surface area contributed by atoms with E-state index in [1.807, 2.05) is 30.3 Å². The summed E-state index contributed by atoms with van der Waals surface area (Å²) >= 11 is 1.16. The first-order valence-corrected chi connectivity index (χ1v) is 8.33. The lowest BCUT2D eigenvalue weighted by molar-refractivity contribution is -0.122. The van der Waals surface area contributed by atoms with Crippen molar-refractivity contribution >= 4 is 22.6 Å². The fourth-order valence-corrected chi connectivity index (χ4v) is 3.43. The van der Waals surface area contributed by atoms with Crippen LogP contribution in [0, 0.1) is 0 Å². The lowest BCUT2D eigenvalue weighted by Crippen LogP contribution is -2.35. The van der Waals surface area contributed by atoms with Crippen molar-refractivity contribution in [1.82, 2.24) is 9.36 Å². The average molecular weight is 317 g/mol. The first kappa shape index (κ1) is 15.1. The van der Waals surface area contributed by atoms with Gasteiger partial charge in [-0.3, -0.25) is 4.79 Å². The van der Waals surface area contributed by atoms with Crippen LogP contribution >= 0.6 is 11.5 Å². The highest BCUT2D eigenvalue weighted by Crippen LogP contribution is 2.31. The van der Waals surface area contributed by atoms with Crippen molar-refractivity contribution in [2.75, 3.05) is 5.32 Å². The van der Waals surface area contributed by atoms with Crippen molar-refractivity contribution in [3.05, 3.63) is 30.3 Å². The zero-order valence-electron chi connectivity index (χ0n) is 12.3. The number of carbonyl (C=O) groups excluding carboxylic acids is 1. The molecule has 2 N–H and O–H groups in total. The number of hydrogen-bond acceptors (Lipinski definition) is 5. The third-order valence-electron chi connectivity index (χ3n) is 3.98. The Bertz CT molecular complexity index is 636. The number of hydrogen-bond donors (Lipinski definition) is 2. The van der Waals surface area contributed by atoms with E-state index in [0.717, 1.165) is 36.4 Å². The van der Waals surface area contributed by atoms with Crippen LogP contribution in [0.5, 0.6) is 0 Å². The average Bonchev–Trinajstić information content (AvgIpc) is 2.96. The molecule has 1 aliphatic rings. The summed E-state index contributed by atoms with van der Waals surface area (Å²) < 4.78 is 4.26. The fourth-order valence-electron chi connectivity index (χ4n) is 2.83. The first-order valence-electron chi connectivity index (χ1n) is 7.56. The van der Waals surface area contributed by atoms with Crippen LogP contribution < -0.4 is 5.32 Å². The Kier molecular flexibility index (Phi) is 4.49. The van der Waals surface area contributed by atoms with Gasteiger partial charge in [-0.2, -0.15) is 9.36 Å². The second kappa shape index (κ2) is 6.54. The quantitative estimate of drug-likeness (QED) is 0.908. The van der Waals surface area contributed by atoms with Crippen LogP contribution in [0.25, 0.3) is 11.4 Å². The summed E-state index contributed by atoms with van der Waals surface area (Å²) in [6.07, 6.45) is 4.65.